The van der Waals surface area contributed by atoms with E-state index < -0.39 is 28.0 Å². The molecule has 3 aromatic carbocycles. The average molecular weight is 469 g/mol. The van der Waals surface area contributed by atoms with Gasteiger partial charge in [-0.3, -0.25) is 4.79 Å². The molecule has 33 heavy (non-hydrogen) atoms. The number of benzene rings is 3. The van der Waals surface area contributed by atoms with Crippen LogP contribution in [0.4, 0.5) is 5.69 Å². The Morgan fingerprint density at radius 1 is 0.939 bits per heavy atom. The van der Waals surface area contributed by atoms with Crippen molar-refractivity contribution in [2.75, 3.05) is 19.0 Å². The number of hydrogen-bond donors (Lipinski definition) is 2. The fourth-order valence-electron chi connectivity index (χ4n) is 3.03. The van der Waals surface area contributed by atoms with Crippen LogP contribution in [0.5, 0.6) is 5.75 Å². The zero-order valence-electron chi connectivity index (χ0n) is 18.1. The van der Waals surface area contributed by atoms with Crippen molar-refractivity contribution in [3.63, 3.8) is 0 Å². The molecule has 1 amide bonds. The summed E-state index contributed by atoms with van der Waals surface area (Å²) >= 11 is 0. The molecule has 8 nitrogen and oxygen atoms in total. The SMILES string of the molecule is CCOc1ccccc1NC(=O)[C@@H](OC(=O)c1cccc(S(=O)(=O)NC)c1)c1ccccc1. The number of nitrogens with one attached hydrogen (secondary N) is 2. The molecule has 0 unspecified atom stereocenters. The maximum absolute atomic E-state index is 13.2. The summed E-state index contributed by atoms with van der Waals surface area (Å²) in [6.07, 6.45) is -1.28. The molecule has 0 aliphatic carbocycles. The van der Waals surface area contributed by atoms with Crippen molar-refractivity contribution < 1.29 is 27.5 Å². The summed E-state index contributed by atoms with van der Waals surface area (Å²) in [5.74, 6) is -0.942. The highest BCUT2D eigenvalue weighted by atomic mass is 32.2. The molecule has 0 spiro atoms. The van der Waals surface area contributed by atoms with E-state index in [2.05, 4.69) is 10.0 Å². The second kappa shape index (κ2) is 10.8. The van der Waals surface area contributed by atoms with Crippen LogP contribution in [0.2, 0.25) is 0 Å². The summed E-state index contributed by atoms with van der Waals surface area (Å²) < 4.78 is 37.4. The Hall–Kier alpha value is -3.69. The molecule has 0 heterocycles. The normalized spacial score (nSPS) is 11.9. The van der Waals surface area contributed by atoms with Gasteiger partial charge in [-0.05, 0) is 44.3 Å². The van der Waals surface area contributed by atoms with Gasteiger partial charge in [0.2, 0.25) is 16.1 Å². The summed E-state index contributed by atoms with van der Waals surface area (Å²) in [4.78, 5) is 25.9. The lowest BCUT2D eigenvalue weighted by molar-refractivity contribution is -0.125. The van der Waals surface area contributed by atoms with E-state index >= 15 is 0 Å². The molecule has 1 atom stereocenters. The van der Waals surface area contributed by atoms with Crippen LogP contribution in [-0.2, 0) is 19.6 Å². The van der Waals surface area contributed by atoms with Crippen LogP contribution < -0.4 is 14.8 Å². The molecule has 0 bridgehead atoms. The van der Waals surface area contributed by atoms with E-state index in [0.717, 1.165) is 0 Å². The Balaban J connectivity index is 1.89. The van der Waals surface area contributed by atoms with Crippen LogP contribution in [0.3, 0.4) is 0 Å². The molecule has 0 saturated carbocycles. The topological polar surface area (TPSA) is 111 Å². The summed E-state index contributed by atoms with van der Waals surface area (Å²) in [5, 5.41) is 2.75. The maximum Gasteiger partial charge on any atom is 0.339 e. The van der Waals surface area contributed by atoms with Gasteiger partial charge in [-0.15, -0.1) is 0 Å². The van der Waals surface area contributed by atoms with Gasteiger partial charge in [0.1, 0.15) is 5.75 Å². The van der Waals surface area contributed by atoms with Crippen LogP contribution in [0, 0.1) is 0 Å². The number of esters is 1. The van der Waals surface area contributed by atoms with Crippen LogP contribution in [0.25, 0.3) is 0 Å². The molecular formula is C24H24N2O6S. The largest absolute Gasteiger partial charge is 0.492 e. The highest BCUT2D eigenvalue weighted by Crippen LogP contribution is 2.27. The highest BCUT2D eigenvalue weighted by molar-refractivity contribution is 7.89. The van der Waals surface area contributed by atoms with Gasteiger partial charge in [-0.25, -0.2) is 17.9 Å². The van der Waals surface area contributed by atoms with Crippen molar-refractivity contribution in [3.05, 3.63) is 90.0 Å². The first-order chi connectivity index (χ1) is 15.9. The highest BCUT2D eigenvalue weighted by Gasteiger charge is 2.27. The molecule has 3 rings (SSSR count). The molecule has 0 aromatic heterocycles. The minimum atomic E-state index is -3.75. The van der Waals surface area contributed by atoms with Crippen molar-refractivity contribution >= 4 is 27.6 Å². The quantitative estimate of drug-likeness (QED) is 0.465. The Morgan fingerprint density at radius 3 is 2.33 bits per heavy atom. The molecule has 0 saturated heterocycles. The summed E-state index contributed by atoms with van der Waals surface area (Å²) in [5.41, 5.74) is 0.884. The Morgan fingerprint density at radius 2 is 1.64 bits per heavy atom. The number of carbonyl (C=O) groups is 2. The average Bonchev–Trinajstić information content (AvgIpc) is 2.84. The Kier molecular flexibility index (Phi) is 7.81. The molecule has 3 aromatic rings. The van der Waals surface area contributed by atoms with E-state index in [1.54, 1.807) is 54.6 Å². The number of rotatable bonds is 9. The fourth-order valence-corrected chi connectivity index (χ4v) is 3.81. The minimum Gasteiger partial charge on any atom is -0.492 e. The number of amides is 1. The third-order valence-corrected chi connectivity index (χ3v) is 6.07. The number of para-hydroxylation sites is 2. The lowest BCUT2D eigenvalue weighted by atomic mass is 10.1. The lowest BCUT2D eigenvalue weighted by Crippen LogP contribution is -2.26. The van der Waals surface area contributed by atoms with Crippen LogP contribution in [0.1, 0.15) is 28.9 Å². The van der Waals surface area contributed by atoms with Gasteiger partial charge < -0.3 is 14.8 Å². The first kappa shape index (κ1) is 24.0. The van der Waals surface area contributed by atoms with E-state index in [-0.39, 0.29) is 10.5 Å². The predicted octanol–water partition coefficient (Wildman–Crippen LogP) is 3.53. The van der Waals surface area contributed by atoms with E-state index in [4.69, 9.17) is 9.47 Å². The molecule has 0 aliphatic rings. The van der Waals surface area contributed by atoms with E-state index in [9.17, 15) is 18.0 Å². The van der Waals surface area contributed by atoms with Crippen molar-refractivity contribution in [2.45, 2.75) is 17.9 Å². The smallest absolute Gasteiger partial charge is 0.339 e. The maximum atomic E-state index is 13.2. The van der Waals surface area contributed by atoms with Crippen molar-refractivity contribution in [3.8, 4) is 5.75 Å². The minimum absolute atomic E-state index is 0.00484. The van der Waals surface area contributed by atoms with Gasteiger partial charge in [0.25, 0.3) is 5.91 Å². The Bertz CT molecular complexity index is 1230. The summed E-state index contributed by atoms with van der Waals surface area (Å²) in [6.45, 7) is 2.24. The van der Waals surface area contributed by atoms with Crippen molar-refractivity contribution in [1.82, 2.24) is 4.72 Å². The molecule has 2 N–H and O–H groups in total. The predicted molar refractivity (Wildman–Crippen MR) is 124 cm³/mol. The fraction of sp³-hybridized carbons (Fsp3) is 0.167. The zero-order valence-corrected chi connectivity index (χ0v) is 19.0. The number of hydrogen-bond acceptors (Lipinski definition) is 6. The Labute approximate surface area is 192 Å². The van der Waals surface area contributed by atoms with Gasteiger partial charge in [-0.1, -0.05) is 48.5 Å². The van der Waals surface area contributed by atoms with E-state index in [1.165, 1.54) is 31.3 Å². The van der Waals surface area contributed by atoms with Crippen LogP contribution in [-0.4, -0.2) is 33.9 Å². The zero-order chi connectivity index (χ0) is 23.8. The first-order valence-corrected chi connectivity index (χ1v) is 11.7. The second-order valence-electron chi connectivity index (χ2n) is 6.85. The van der Waals surface area contributed by atoms with Gasteiger partial charge in [0.05, 0.1) is 22.8 Å². The molecule has 0 fully saturated rings. The van der Waals surface area contributed by atoms with Gasteiger partial charge in [0.15, 0.2) is 0 Å². The van der Waals surface area contributed by atoms with E-state index in [0.29, 0.717) is 23.6 Å². The number of anilines is 1. The first-order valence-electron chi connectivity index (χ1n) is 10.2. The van der Waals surface area contributed by atoms with Crippen molar-refractivity contribution in [2.24, 2.45) is 0 Å². The second-order valence-corrected chi connectivity index (χ2v) is 8.74. The number of carbonyl (C=O) groups excluding carboxylic acids is 2. The summed E-state index contributed by atoms with van der Waals surface area (Å²) in [6, 6.07) is 20.9. The van der Waals surface area contributed by atoms with Gasteiger partial charge in [-0.2, -0.15) is 0 Å². The third-order valence-electron chi connectivity index (χ3n) is 4.66. The number of ether oxygens (including phenoxy) is 2. The van der Waals surface area contributed by atoms with Crippen LogP contribution in [0.15, 0.2) is 83.8 Å². The van der Waals surface area contributed by atoms with Gasteiger partial charge in [0, 0.05) is 5.56 Å². The third kappa shape index (κ3) is 5.97. The van der Waals surface area contributed by atoms with E-state index in [1.807, 2.05) is 6.92 Å². The monoisotopic (exact) mass is 468 g/mol. The molecule has 9 heteroatoms. The molecule has 172 valence electrons. The number of sulfonamides is 1. The molecular weight excluding hydrogens is 444 g/mol. The van der Waals surface area contributed by atoms with Crippen molar-refractivity contribution in [1.29, 1.82) is 0 Å². The summed E-state index contributed by atoms with van der Waals surface area (Å²) in [7, 11) is -2.48. The molecule has 0 radical (unpaired) electrons. The van der Waals surface area contributed by atoms with Gasteiger partial charge >= 0.3 is 5.97 Å². The standard InChI is InChI=1S/C24H24N2O6S/c1-3-31-21-15-8-7-14-20(21)26-23(27)22(17-10-5-4-6-11-17)32-24(28)18-12-9-13-19(16-18)33(29,30)25-2/h4-16,22,25H,3H2,1-2H3,(H,26,27)/t22-/m0/s1. The van der Waals surface area contributed by atoms with Crippen LogP contribution >= 0.6 is 0 Å². The lowest BCUT2D eigenvalue weighted by Gasteiger charge is -2.19. The molecule has 0 aliphatic heterocycles.